The van der Waals surface area contributed by atoms with Gasteiger partial charge in [0.25, 0.3) is 0 Å². The number of hydrogen-bond acceptors (Lipinski definition) is 3. The van der Waals surface area contributed by atoms with E-state index in [-0.39, 0.29) is 23.5 Å². The van der Waals surface area contributed by atoms with Gasteiger partial charge >= 0.3 is 0 Å². The summed E-state index contributed by atoms with van der Waals surface area (Å²) in [6.45, 7) is 4.40. The second kappa shape index (κ2) is 7.38. The van der Waals surface area contributed by atoms with E-state index >= 15 is 0 Å². The van der Waals surface area contributed by atoms with Crippen molar-refractivity contribution in [2.24, 2.45) is 5.73 Å². The summed E-state index contributed by atoms with van der Waals surface area (Å²) < 4.78 is 13.6. The van der Waals surface area contributed by atoms with Crippen LogP contribution in [0.4, 0.5) is 4.39 Å². The highest BCUT2D eigenvalue weighted by atomic mass is 32.2. The lowest BCUT2D eigenvalue weighted by Crippen LogP contribution is -2.25. The Bertz CT molecular complexity index is 410. The Hall–Kier alpha value is -1.07. The molecule has 0 unspecified atom stereocenters. The maximum Gasteiger partial charge on any atom is 0.230 e. The normalized spacial score (nSPS) is 12.2. The molecule has 1 aromatic rings. The van der Waals surface area contributed by atoms with E-state index in [1.54, 1.807) is 19.1 Å². The van der Waals surface area contributed by atoms with Crippen LogP contribution in [0.15, 0.2) is 23.1 Å². The molecule has 1 rings (SSSR count). The molecule has 3 nitrogen and oxygen atoms in total. The minimum atomic E-state index is -0.382. The third-order valence-corrected chi connectivity index (χ3v) is 3.47. The smallest absolute Gasteiger partial charge is 0.230 e. The quantitative estimate of drug-likeness (QED) is 0.781. The third kappa shape index (κ3) is 4.31. The fourth-order valence-electron chi connectivity index (χ4n) is 1.54. The van der Waals surface area contributed by atoms with Crippen LogP contribution in [0.1, 0.15) is 31.9 Å². The van der Waals surface area contributed by atoms with E-state index < -0.39 is 0 Å². The average Bonchev–Trinajstić information content (AvgIpc) is 2.33. The van der Waals surface area contributed by atoms with Gasteiger partial charge in [-0.15, -0.1) is 11.8 Å². The Morgan fingerprint density at radius 1 is 1.56 bits per heavy atom. The van der Waals surface area contributed by atoms with Crippen molar-refractivity contribution >= 4 is 17.7 Å². The van der Waals surface area contributed by atoms with Gasteiger partial charge in [0, 0.05) is 23.0 Å². The van der Waals surface area contributed by atoms with E-state index in [1.807, 2.05) is 6.92 Å². The Balaban J connectivity index is 2.67. The van der Waals surface area contributed by atoms with Crippen molar-refractivity contribution < 1.29 is 9.18 Å². The van der Waals surface area contributed by atoms with Crippen molar-refractivity contribution in [3.05, 3.63) is 29.6 Å². The molecule has 5 heteroatoms. The van der Waals surface area contributed by atoms with E-state index in [0.29, 0.717) is 12.1 Å². The van der Waals surface area contributed by atoms with Gasteiger partial charge in [0.2, 0.25) is 5.91 Å². The Morgan fingerprint density at radius 2 is 2.28 bits per heavy atom. The molecule has 0 saturated carbocycles. The zero-order valence-corrected chi connectivity index (χ0v) is 11.5. The van der Waals surface area contributed by atoms with Gasteiger partial charge in [0.1, 0.15) is 5.82 Å². The summed E-state index contributed by atoms with van der Waals surface area (Å²) in [5.41, 5.74) is 6.23. The van der Waals surface area contributed by atoms with Crippen LogP contribution in [0.25, 0.3) is 0 Å². The molecule has 0 aliphatic heterocycles. The summed E-state index contributed by atoms with van der Waals surface area (Å²) in [6.07, 6.45) is 0.904. The minimum Gasteiger partial charge on any atom is -0.355 e. The van der Waals surface area contributed by atoms with Crippen molar-refractivity contribution in [3.8, 4) is 0 Å². The Labute approximate surface area is 111 Å². The molecule has 0 radical (unpaired) electrons. The largest absolute Gasteiger partial charge is 0.355 e. The minimum absolute atomic E-state index is 0.0401. The lowest BCUT2D eigenvalue weighted by Gasteiger charge is -2.13. The molecule has 0 bridgehead atoms. The second-order valence-corrected chi connectivity index (χ2v) is 5.10. The van der Waals surface area contributed by atoms with Crippen LogP contribution < -0.4 is 11.1 Å². The number of rotatable bonds is 6. The number of nitrogens with two attached hydrogens (primary N) is 1. The highest BCUT2D eigenvalue weighted by Crippen LogP contribution is 2.28. The molecule has 1 aromatic carbocycles. The van der Waals surface area contributed by atoms with Gasteiger partial charge in [0.15, 0.2) is 0 Å². The molecule has 0 fully saturated rings. The standard InChI is InChI=1S/C13H19FN2OS/c1-3-7-16-12(17)8-18-11-6-4-5-10(14)13(11)9(2)15/h4-6,9H,3,7-8,15H2,1-2H3,(H,16,17)/t9-/m0/s1. The van der Waals surface area contributed by atoms with E-state index in [9.17, 15) is 9.18 Å². The van der Waals surface area contributed by atoms with Gasteiger partial charge in [0.05, 0.1) is 5.75 Å². The Morgan fingerprint density at radius 3 is 2.89 bits per heavy atom. The van der Waals surface area contributed by atoms with Crippen LogP contribution in [0.5, 0.6) is 0 Å². The molecular formula is C13H19FN2OS. The number of nitrogens with one attached hydrogen (secondary N) is 1. The Kier molecular flexibility index (Phi) is 6.15. The number of amides is 1. The van der Waals surface area contributed by atoms with Gasteiger partial charge in [-0.2, -0.15) is 0 Å². The number of halogens is 1. The average molecular weight is 270 g/mol. The fraction of sp³-hybridized carbons (Fsp3) is 0.462. The number of carbonyl (C=O) groups is 1. The van der Waals surface area contributed by atoms with Crippen LogP contribution in [-0.2, 0) is 4.79 Å². The number of hydrogen-bond donors (Lipinski definition) is 2. The van der Waals surface area contributed by atoms with Gasteiger partial charge in [-0.1, -0.05) is 13.0 Å². The predicted molar refractivity (Wildman–Crippen MR) is 73.0 cm³/mol. The maximum atomic E-state index is 13.6. The van der Waals surface area contributed by atoms with Gasteiger partial charge in [-0.05, 0) is 25.5 Å². The molecule has 18 heavy (non-hydrogen) atoms. The SMILES string of the molecule is CCCNC(=O)CSc1cccc(F)c1[C@H](C)N. The molecule has 0 heterocycles. The van der Waals surface area contributed by atoms with Crippen LogP contribution in [0, 0.1) is 5.82 Å². The van der Waals surface area contributed by atoms with Crippen LogP contribution in [0.3, 0.4) is 0 Å². The summed E-state index contributed by atoms with van der Waals surface area (Å²) in [5, 5.41) is 2.78. The summed E-state index contributed by atoms with van der Waals surface area (Å²) in [4.78, 5) is 12.2. The molecular weight excluding hydrogens is 251 g/mol. The zero-order valence-electron chi connectivity index (χ0n) is 10.7. The first-order chi connectivity index (χ1) is 8.56. The second-order valence-electron chi connectivity index (χ2n) is 4.08. The summed E-state index contributed by atoms with van der Waals surface area (Å²) in [6, 6.07) is 4.43. The highest BCUT2D eigenvalue weighted by Gasteiger charge is 2.13. The maximum absolute atomic E-state index is 13.6. The van der Waals surface area contributed by atoms with E-state index in [0.717, 1.165) is 11.3 Å². The molecule has 1 atom stereocenters. The lowest BCUT2D eigenvalue weighted by atomic mass is 10.1. The fourth-order valence-corrected chi connectivity index (χ4v) is 2.55. The van der Waals surface area contributed by atoms with E-state index in [2.05, 4.69) is 5.32 Å². The van der Waals surface area contributed by atoms with E-state index in [1.165, 1.54) is 17.8 Å². The molecule has 0 aliphatic carbocycles. The van der Waals surface area contributed by atoms with E-state index in [4.69, 9.17) is 5.73 Å². The molecule has 0 aliphatic rings. The van der Waals surface area contributed by atoms with Crippen molar-refractivity contribution in [1.82, 2.24) is 5.32 Å². The first kappa shape index (κ1) is 15.0. The van der Waals surface area contributed by atoms with Gasteiger partial charge in [-0.25, -0.2) is 4.39 Å². The summed E-state index contributed by atoms with van der Waals surface area (Å²) in [5.74, 6) is -0.0749. The molecule has 0 saturated heterocycles. The van der Waals surface area contributed by atoms with Crippen molar-refractivity contribution in [1.29, 1.82) is 0 Å². The first-order valence-corrected chi connectivity index (χ1v) is 6.98. The van der Waals surface area contributed by atoms with Crippen LogP contribution >= 0.6 is 11.8 Å². The molecule has 0 aromatic heterocycles. The molecule has 100 valence electrons. The van der Waals surface area contributed by atoms with Crippen LogP contribution in [0.2, 0.25) is 0 Å². The number of thioether (sulfide) groups is 1. The topological polar surface area (TPSA) is 55.1 Å². The first-order valence-electron chi connectivity index (χ1n) is 5.99. The number of benzene rings is 1. The predicted octanol–water partition coefficient (Wildman–Crippen LogP) is 2.46. The van der Waals surface area contributed by atoms with Gasteiger partial charge < -0.3 is 11.1 Å². The zero-order chi connectivity index (χ0) is 13.5. The lowest BCUT2D eigenvalue weighted by molar-refractivity contribution is -0.118. The van der Waals surface area contributed by atoms with Gasteiger partial charge in [-0.3, -0.25) is 4.79 Å². The van der Waals surface area contributed by atoms with Crippen molar-refractivity contribution in [2.45, 2.75) is 31.2 Å². The molecule has 1 amide bonds. The summed E-state index contributed by atoms with van der Waals surface area (Å²) in [7, 11) is 0. The molecule has 0 spiro atoms. The number of carbonyl (C=O) groups excluding carboxylic acids is 1. The highest BCUT2D eigenvalue weighted by molar-refractivity contribution is 8.00. The van der Waals surface area contributed by atoms with Crippen molar-refractivity contribution in [2.75, 3.05) is 12.3 Å². The monoisotopic (exact) mass is 270 g/mol. The summed E-state index contributed by atoms with van der Waals surface area (Å²) >= 11 is 1.32. The molecule has 3 N–H and O–H groups in total. The third-order valence-electron chi connectivity index (χ3n) is 2.40. The van der Waals surface area contributed by atoms with Crippen LogP contribution in [-0.4, -0.2) is 18.2 Å². The van der Waals surface area contributed by atoms with Crippen molar-refractivity contribution in [3.63, 3.8) is 0 Å².